The van der Waals surface area contributed by atoms with Gasteiger partial charge < -0.3 is 15.0 Å². The molecule has 2 aromatic rings. The van der Waals surface area contributed by atoms with Gasteiger partial charge in [0.25, 0.3) is 0 Å². The van der Waals surface area contributed by atoms with Crippen LogP contribution in [0.2, 0.25) is 0 Å². The molecule has 3 rings (SSSR count). The Bertz CT molecular complexity index is 771. The van der Waals surface area contributed by atoms with Gasteiger partial charge in [-0.25, -0.2) is 0 Å². The van der Waals surface area contributed by atoms with Crippen LogP contribution in [0.25, 0.3) is 0 Å². The van der Waals surface area contributed by atoms with E-state index < -0.39 is 0 Å². The molecule has 0 saturated heterocycles. The van der Waals surface area contributed by atoms with Crippen LogP contribution in [0.1, 0.15) is 30.9 Å². The number of aryl methyl sites for hydroxylation is 1. The third kappa shape index (κ3) is 4.42. The Balaban J connectivity index is 1.61. The van der Waals surface area contributed by atoms with Gasteiger partial charge in [0.2, 0.25) is 11.8 Å². The third-order valence-corrected chi connectivity index (χ3v) is 4.45. The van der Waals surface area contributed by atoms with E-state index in [9.17, 15) is 9.59 Å². The minimum Gasteiger partial charge on any atom is -0.494 e. The molecule has 1 heterocycles. The lowest BCUT2D eigenvalue weighted by Crippen LogP contribution is -2.40. The van der Waals surface area contributed by atoms with Crippen LogP contribution in [-0.4, -0.2) is 25.0 Å². The number of ether oxygens (including phenoxy) is 1. The van der Waals surface area contributed by atoms with E-state index in [1.807, 2.05) is 55.5 Å². The summed E-state index contributed by atoms with van der Waals surface area (Å²) in [6.07, 6.45) is 2.16. The highest BCUT2D eigenvalue weighted by molar-refractivity contribution is 5.99. The quantitative estimate of drug-likeness (QED) is 0.869. The highest BCUT2D eigenvalue weighted by atomic mass is 16.5. The molecular formula is C21H24N2O3. The first-order valence-corrected chi connectivity index (χ1v) is 9.04. The van der Waals surface area contributed by atoms with Crippen LogP contribution in [0.3, 0.4) is 0 Å². The zero-order chi connectivity index (χ0) is 18.4. The smallest absolute Gasteiger partial charge is 0.240 e. The number of nitrogens with one attached hydrogen (secondary N) is 1. The Hall–Kier alpha value is -2.82. The second-order valence-corrected chi connectivity index (χ2v) is 6.32. The third-order valence-electron chi connectivity index (χ3n) is 4.45. The first-order chi connectivity index (χ1) is 12.7. The summed E-state index contributed by atoms with van der Waals surface area (Å²) in [5, 5.41) is 2.90. The van der Waals surface area contributed by atoms with E-state index in [-0.39, 0.29) is 18.4 Å². The molecule has 0 radical (unpaired) electrons. The summed E-state index contributed by atoms with van der Waals surface area (Å²) in [5.41, 5.74) is 2.97. The van der Waals surface area contributed by atoms with Gasteiger partial charge in [-0.2, -0.15) is 0 Å². The molecule has 136 valence electrons. The molecule has 0 fully saturated rings. The molecule has 5 heteroatoms. The van der Waals surface area contributed by atoms with Crippen molar-refractivity contribution < 1.29 is 14.3 Å². The largest absolute Gasteiger partial charge is 0.494 e. The fourth-order valence-corrected chi connectivity index (χ4v) is 3.13. The lowest BCUT2D eigenvalue weighted by atomic mass is 10.1. The highest BCUT2D eigenvalue weighted by Gasteiger charge is 2.23. The summed E-state index contributed by atoms with van der Waals surface area (Å²) in [6, 6.07) is 15.5. The van der Waals surface area contributed by atoms with Crippen molar-refractivity contribution in [3.05, 3.63) is 59.7 Å². The summed E-state index contributed by atoms with van der Waals surface area (Å²) in [6.45, 7) is 3.04. The predicted molar refractivity (Wildman–Crippen MR) is 101 cm³/mol. The molecule has 0 atom stereocenters. The van der Waals surface area contributed by atoms with Crippen LogP contribution in [0.4, 0.5) is 5.69 Å². The SMILES string of the molecule is CCOc1ccc(CNC(=O)CN2C(=O)CCCc3ccccc32)cc1. The number of anilines is 1. The molecule has 1 aliphatic rings. The molecule has 0 bridgehead atoms. The standard InChI is InChI=1S/C21H24N2O3/c1-2-26-18-12-10-16(11-13-18)14-22-20(24)15-23-19-8-4-3-6-17(19)7-5-9-21(23)25/h3-4,6,8,10-13H,2,5,7,9,14-15H2,1H3,(H,22,24). The van der Waals surface area contributed by atoms with E-state index in [4.69, 9.17) is 4.74 Å². The van der Waals surface area contributed by atoms with E-state index in [2.05, 4.69) is 5.32 Å². The molecule has 0 spiro atoms. The molecule has 1 aliphatic heterocycles. The maximum Gasteiger partial charge on any atom is 0.240 e. The van der Waals surface area contributed by atoms with E-state index in [1.165, 1.54) is 0 Å². The van der Waals surface area contributed by atoms with Crippen molar-refractivity contribution in [1.29, 1.82) is 0 Å². The van der Waals surface area contributed by atoms with Crippen molar-refractivity contribution in [1.82, 2.24) is 5.32 Å². The predicted octanol–water partition coefficient (Wildman–Crippen LogP) is 3.07. The van der Waals surface area contributed by atoms with Crippen molar-refractivity contribution in [2.24, 2.45) is 0 Å². The van der Waals surface area contributed by atoms with Crippen molar-refractivity contribution >= 4 is 17.5 Å². The molecule has 5 nitrogen and oxygen atoms in total. The molecular weight excluding hydrogens is 328 g/mol. The van der Waals surface area contributed by atoms with Crippen LogP contribution >= 0.6 is 0 Å². The monoisotopic (exact) mass is 352 g/mol. The Morgan fingerprint density at radius 3 is 2.65 bits per heavy atom. The average Bonchev–Trinajstić information content (AvgIpc) is 2.81. The van der Waals surface area contributed by atoms with Gasteiger partial charge >= 0.3 is 0 Å². The van der Waals surface area contributed by atoms with Crippen molar-refractivity contribution in [2.75, 3.05) is 18.1 Å². The van der Waals surface area contributed by atoms with Gasteiger partial charge in [-0.3, -0.25) is 9.59 Å². The maximum atomic E-state index is 12.4. The van der Waals surface area contributed by atoms with Crippen LogP contribution in [0.5, 0.6) is 5.75 Å². The summed E-state index contributed by atoms with van der Waals surface area (Å²) in [5.74, 6) is 0.657. The number of hydrogen-bond donors (Lipinski definition) is 1. The maximum absolute atomic E-state index is 12.4. The first-order valence-electron chi connectivity index (χ1n) is 9.04. The highest BCUT2D eigenvalue weighted by Crippen LogP contribution is 2.26. The number of rotatable bonds is 6. The molecule has 1 N–H and O–H groups in total. The fraction of sp³-hybridized carbons (Fsp3) is 0.333. The van der Waals surface area contributed by atoms with Gasteiger partial charge in [0.05, 0.1) is 6.61 Å². The number of nitrogens with zero attached hydrogens (tertiary/aromatic N) is 1. The normalized spacial score (nSPS) is 13.7. The van der Waals surface area contributed by atoms with Gasteiger partial charge in [-0.15, -0.1) is 0 Å². The minimum absolute atomic E-state index is 0.00571. The summed E-state index contributed by atoms with van der Waals surface area (Å²) >= 11 is 0. The van der Waals surface area contributed by atoms with E-state index in [1.54, 1.807) is 4.90 Å². The number of carbonyl (C=O) groups excluding carboxylic acids is 2. The number of fused-ring (bicyclic) bond motifs is 1. The van der Waals surface area contributed by atoms with Crippen molar-refractivity contribution in [2.45, 2.75) is 32.7 Å². The topological polar surface area (TPSA) is 58.6 Å². The molecule has 26 heavy (non-hydrogen) atoms. The minimum atomic E-state index is -0.163. The summed E-state index contributed by atoms with van der Waals surface area (Å²) < 4.78 is 5.41. The van der Waals surface area contributed by atoms with Crippen LogP contribution in [0.15, 0.2) is 48.5 Å². The molecule has 0 aliphatic carbocycles. The van der Waals surface area contributed by atoms with Crippen molar-refractivity contribution in [3.63, 3.8) is 0 Å². The summed E-state index contributed by atoms with van der Waals surface area (Å²) in [7, 11) is 0. The van der Waals surface area contributed by atoms with Crippen LogP contribution in [0, 0.1) is 0 Å². The lowest BCUT2D eigenvalue weighted by Gasteiger charge is -2.22. The van der Waals surface area contributed by atoms with Crippen LogP contribution < -0.4 is 15.0 Å². The number of para-hydroxylation sites is 1. The van der Waals surface area contributed by atoms with Gasteiger partial charge in [0.15, 0.2) is 0 Å². The molecule has 2 aromatic carbocycles. The average molecular weight is 352 g/mol. The second-order valence-electron chi connectivity index (χ2n) is 6.32. The number of benzene rings is 2. The zero-order valence-corrected chi connectivity index (χ0v) is 15.0. The van der Waals surface area contributed by atoms with Gasteiger partial charge in [0.1, 0.15) is 12.3 Å². The Kier molecular flexibility index (Phi) is 5.89. The van der Waals surface area contributed by atoms with Crippen LogP contribution in [-0.2, 0) is 22.6 Å². The fourth-order valence-electron chi connectivity index (χ4n) is 3.13. The molecule has 2 amide bonds. The van der Waals surface area contributed by atoms with Gasteiger partial charge in [-0.1, -0.05) is 30.3 Å². The lowest BCUT2D eigenvalue weighted by molar-refractivity contribution is -0.123. The Morgan fingerprint density at radius 1 is 1.12 bits per heavy atom. The van der Waals surface area contributed by atoms with E-state index in [0.29, 0.717) is 19.6 Å². The molecule has 0 aromatic heterocycles. The van der Waals surface area contributed by atoms with Gasteiger partial charge in [-0.05, 0) is 49.1 Å². The Labute approximate surface area is 154 Å². The molecule has 0 saturated carbocycles. The second kappa shape index (κ2) is 8.52. The summed E-state index contributed by atoms with van der Waals surface area (Å²) in [4.78, 5) is 26.4. The zero-order valence-electron chi connectivity index (χ0n) is 15.0. The van der Waals surface area contributed by atoms with E-state index >= 15 is 0 Å². The Morgan fingerprint density at radius 2 is 1.88 bits per heavy atom. The number of hydrogen-bond acceptors (Lipinski definition) is 3. The number of amides is 2. The first kappa shape index (κ1) is 18.0. The van der Waals surface area contributed by atoms with E-state index in [0.717, 1.165) is 35.4 Å². The van der Waals surface area contributed by atoms with Gasteiger partial charge in [0, 0.05) is 18.7 Å². The van der Waals surface area contributed by atoms with Crippen molar-refractivity contribution in [3.8, 4) is 5.75 Å². The number of carbonyl (C=O) groups is 2. The molecule has 0 unspecified atom stereocenters.